The summed E-state index contributed by atoms with van der Waals surface area (Å²) < 4.78 is 0. The van der Waals surface area contributed by atoms with Gasteiger partial charge in [-0.25, -0.2) is 0 Å². The predicted molar refractivity (Wildman–Crippen MR) is 99.1 cm³/mol. The van der Waals surface area contributed by atoms with Gasteiger partial charge in [0.05, 0.1) is 6.04 Å². The molecule has 5 heteroatoms. The minimum absolute atomic E-state index is 0.151. The number of unbranched alkanes of at least 4 members (excludes halogenated alkanes) is 1. The number of hydrogen-bond donors (Lipinski definition) is 2. The lowest BCUT2D eigenvalue weighted by Crippen LogP contribution is -2.51. The molecule has 0 bridgehead atoms. The molecule has 0 saturated carbocycles. The number of amides is 2. The highest BCUT2D eigenvalue weighted by atomic mass is 16.2. The fourth-order valence-corrected chi connectivity index (χ4v) is 2.56. The highest BCUT2D eigenvalue weighted by Crippen LogP contribution is 2.07. The van der Waals surface area contributed by atoms with E-state index in [1.54, 1.807) is 0 Å². The molecule has 2 N–H and O–H groups in total. The lowest BCUT2D eigenvalue weighted by molar-refractivity contribution is -0.130. The average molecular weight is 346 g/mol. The van der Waals surface area contributed by atoms with Crippen molar-refractivity contribution < 1.29 is 14.4 Å². The standard InChI is InChI=1S/C20H30N2O3/c1-4-5-11-17(14-23)21-20(25)18(22-19(24)12-15(2)3)13-16-9-7-6-8-10-16/h6-10,14-15,17-18H,4-5,11-13H2,1-3H3,(H,21,25)(H,22,24)/t17-,18-/m0/s1. The summed E-state index contributed by atoms with van der Waals surface area (Å²) in [6.45, 7) is 5.95. The van der Waals surface area contributed by atoms with Crippen LogP contribution < -0.4 is 10.6 Å². The van der Waals surface area contributed by atoms with Crippen molar-refractivity contribution >= 4 is 18.1 Å². The minimum atomic E-state index is -0.683. The molecule has 25 heavy (non-hydrogen) atoms. The zero-order valence-corrected chi connectivity index (χ0v) is 15.5. The summed E-state index contributed by atoms with van der Waals surface area (Å²) in [6.07, 6.45) is 3.97. The molecule has 0 aromatic heterocycles. The quantitative estimate of drug-likeness (QED) is 0.605. The van der Waals surface area contributed by atoms with Crippen LogP contribution in [-0.4, -0.2) is 30.2 Å². The van der Waals surface area contributed by atoms with Gasteiger partial charge >= 0.3 is 0 Å². The molecule has 1 rings (SSSR count). The number of carbonyl (C=O) groups excluding carboxylic acids is 3. The molecule has 0 heterocycles. The van der Waals surface area contributed by atoms with E-state index in [1.807, 2.05) is 51.1 Å². The van der Waals surface area contributed by atoms with Gasteiger partial charge in [-0.2, -0.15) is 0 Å². The van der Waals surface area contributed by atoms with Crippen LogP contribution in [0.25, 0.3) is 0 Å². The first-order valence-corrected chi connectivity index (χ1v) is 9.05. The molecule has 0 aliphatic heterocycles. The minimum Gasteiger partial charge on any atom is -0.345 e. The lowest BCUT2D eigenvalue weighted by atomic mass is 10.0. The van der Waals surface area contributed by atoms with E-state index in [1.165, 1.54) is 0 Å². The zero-order chi connectivity index (χ0) is 18.7. The predicted octanol–water partition coefficient (Wildman–Crippen LogP) is 2.63. The van der Waals surface area contributed by atoms with Gasteiger partial charge in [-0.1, -0.05) is 63.9 Å². The maximum atomic E-state index is 12.6. The lowest BCUT2D eigenvalue weighted by Gasteiger charge is -2.21. The van der Waals surface area contributed by atoms with Crippen LogP contribution in [0.5, 0.6) is 0 Å². The molecule has 0 fully saturated rings. The number of carbonyl (C=O) groups is 3. The largest absolute Gasteiger partial charge is 0.345 e. The van der Waals surface area contributed by atoms with Crippen LogP contribution in [0.2, 0.25) is 0 Å². The second-order valence-corrected chi connectivity index (χ2v) is 6.80. The molecule has 0 saturated heterocycles. The van der Waals surface area contributed by atoms with Crippen molar-refractivity contribution in [3.63, 3.8) is 0 Å². The Bertz CT molecular complexity index is 543. The summed E-state index contributed by atoms with van der Waals surface area (Å²) in [5.74, 6) is -0.246. The molecular formula is C20H30N2O3. The summed E-state index contributed by atoms with van der Waals surface area (Å²) in [4.78, 5) is 35.9. The van der Waals surface area contributed by atoms with E-state index < -0.39 is 12.1 Å². The van der Waals surface area contributed by atoms with Crippen LogP contribution >= 0.6 is 0 Å². The van der Waals surface area contributed by atoms with Gasteiger partial charge in [-0.05, 0) is 17.9 Å². The van der Waals surface area contributed by atoms with E-state index in [2.05, 4.69) is 10.6 Å². The Morgan fingerprint density at radius 3 is 2.36 bits per heavy atom. The average Bonchev–Trinajstić information content (AvgIpc) is 2.58. The number of hydrogen-bond acceptors (Lipinski definition) is 3. The zero-order valence-electron chi connectivity index (χ0n) is 15.5. The van der Waals surface area contributed by atoms with Crippen LogP contribution in [-0.2, 0) is 20.8 Å². The second kappa shape index (κ2) is 11.4. The fraction of sp³-hybridized carbons (Fsp3) is 0.550. The van der Waals surface area contributed by atoms with Crippen LogP contribution in [0.1, 0.15) is 52.0 Å². The van der Waals surface area contributed by atoms with Crippen LogP contribution in [0, 0.1) is 5.92 Å². The van der Waals surface area contributed by atoms with Gasteiger partial charge in [0.25, 0.3) is 0 Å². The smallest absolute Gasteiger partial charge is 0.243 e. The Kier molecular flexibility index (Phi) is 9.51. The number of rotatable bonds is 11. The topological polar surface area (TPSA) is 75.3 Å². The van der Waals surface area contributed by atoms with E-state index >= 15 is 0 Å². The number of aldehydes is 1. The monoisotopic (exact) mass is 346 g/mol. The van der Waals surface area contributed by atoms with Gasteiger partial charge in [0.1, 0.15) is 12.3 Å². The molecule has 1 aromatic rings. The third kappa shape index (κ3) is 8.47. The molecule has 2 amide bonds. The van der Waals surface area contributed by atoms with Crippen LogP contribution in [0.15, 0.2) is 30.3 Å². The summed E-state index contributed by atoms with van der Waals surface area (Å²) in [5, 5.41) is 5.57. The SMILES string of the molecule is CCCC[C@@H](C=O)NC(=O)[C@H](Cc1ccccc1)NC(=O)CC(C)C. The Balaban J connectivity index is 2.78. The first-order chi connectivity index (χ1) is 12.0. The van der Waals surface area contributed by atoms with Gasteiger partial charge in [-0.3, -0.25) is 9.59 Å². The molecule has 0 aliphatic carbocycles. The maximum absolute atomic E-state index is 12.6. The molecule has 138 valence electrons. The third-order valence-corrected chi connectivity index (χ3v) is 3.89. The Labute approximate surface area is 150 Å². The molecule has 5 nitrogen and oxygen atoms in total. The van der Waals surface area contributed by atoms with Crippen molar-refractivity contribution in [2.24, 2.45) is 5.92 Å². The van der Waals surface area contributed by atoms with Crippen molar-refractivity contribution in [1.29, 1.82) is 0 Å². The first-order valence-electron chi connectivity index (χ1n) is 9.05. The summed E-state index contributed by atoms with van der Waals surface area (Å²) in [5.41, 5.74) is 0.962. The molecule has 0 spiro atoms. The molecule has 2 atom stereocenters. The molecule has 0 aliphatic rings. The Hall–Kier alpha value is -2.17. The van der Waals surface area contributed by atoms with Crippen molar-refractivity contribution in [3.8, 4) is 0 Å². The normalized spacial score (nSPS) is 13.1. The second-order valence-electron chi connectivity index (χ2n) is 6.80. The number of nitrogens with one attached hydrogen (secondary N) is 2. The van der Waals surface area contributed by atoms with Crippen molar-refractivity contribution in [2.45, 2.75) is 65.0 Å². The van der Waals surface area contributed by atoms with Crippen molar-refractivity contribution in [1.82, 2.24) is 10.6 Å². The van der Waals surface area contributed by atoms with Gasteiger partial charge in [0.15, 0.2) is 0 Å². The fourth-order valence-electron chi connectivity index (χ4n) is 2.56. The van der Waals surface area contributed by atoms with E-state index in [-0.39, 0.29) is 17.7 Å². The van der Waals surface area contributed by atoms with Gasteiger partial charge in [0.2, 0.25) is 11.8 Å². The highest BCUT2D eigenvalue weighted by molar-refractivity contribution is 5.89. The summed E-state index contributed by atoms with van der Waals surface area (Å²) in [6, 6.07) is 8.35. The Morgan fingerprint density at radius 2 is 1.80 bits per heavy atom. The molecule has 0 radical (unpaired) electrons. The van der Waals surface area contributed by atoms with E-state index in [0.29, 0.717) is 19.3 Å². The summed E-state index contributed by atoms with van der Waals surface area (Å²) >= 11 is 0. The van der Waals surface area contributed by atoms with Crippen LogP contribution in [0.4, 0.5) is 0 Å². The third-order valence-electron chi connectivity index (χ3n) is 3.89. The van der Waals surface area contributed by atoms with Crippen molar-refractivity contribution in [2.75, 3.05) is 0 Å². The van der Waals surface area contributed by atoms with Gasteiger partial charge in [0, 0.05) is 12.8 Å². The first kappa shape index (κ1) is 20.9. The Morgan fingerprint density at radius 1 is 1.12 bits per heavy atom. The van der Waals surface area contributed by atoms with Gasteiger partial charge in [-0.15, -0.1) is 0 Å². The summed E-state index contributed by atoms with van der Waals surface area (Å²) in [7, 11) is 0. The molecule has 0 unspecified atom stereocenters. The van der Waals surface area contributed by atoms with Crippen LogP contribution in [0.3, 0.4) is 0 Å². The van der Waals surface area contributed by atoms with Gasteiger partial charge < -0.3 is 15.4 Å². The maximum Gasteiger partial charge on any atom is 0.243 e. The molecule has 1 aromatic carbocycles. The van der Waals surface area contributed by atoms with E-state index in [9.17, 15) is 14.4 Å². The number of benzene rings is 1. The van der Waals surface area contributed by atoms with Crippen molar-refractivity contribution in [3.05, 3.63) is 35.9 Å². The highest BCUT2D eigenvalue weighted by Gasteiger charge is 2.23. The molecular weight excluding hydrogens is 316 g/mol. The van der Waals surface area contributed by atoms with E-state index in [4.69, 9.17) is 0 Å². The van der Waals surface area contributed by atoms with E-state index in [0.717, 1.165) is 24.7 Å².